The third kappa shape index (κ3) is 2.91. The first kappa shape index (κ1) is 16.0. The molecule has 0 aliphatic rings. The maximum Gasteiger partial charge on any atom is -0.00994 e. The van der Waals surface area contributed by atoms with Crippen molar-refractivity contribution in [1.82, 2.24) is 0 Å². The monoisotopic (exact) mass is 264 g/mol. The van der Waals surface area contributed by atoms with E-state index in [2.05, 4.69) is 56.5 Å². The molecular weight excluding hydrogens is 240 g/mol. The van der Waals surface area contributed by atoms with Gasteiger partial charge in [-0.25, -0.2) is 0 Å². The van der Waals surface area contributed by atoms with Crippen LogP contribution in [0.5, 0.6) is 0 Å². The zero-order valence-electron chi connectivity index (χ0n) is 13.0. The molecule has 0 radical (unpaired) electrons. The zero-order valence-corrected chi connectivity index (χ0v) is 13.0. The fourth-order valence-corrected chi connectivity index (χ4v) is 2.37. The molecule has 104 valence electrons. The summed E-state index contributed by atoms with van der Waals surface area (Å²) >= 11 is 0. The Morgan fingerprint density at radius 2 is 1.65 bits per heavy atom. The molecule has 0 nitrogen and oxygen atoms in total. The van der Waals surface area contributed by atoms with Crippen LogP contribution in [0, 0.1) is 6.92 Å². The molecule has 20 heavy (non-hydrogen) atoms. The Labute approximate surface area is 122 Å². The van der Waals surface area contributed by atoms with E-state index >= 15 is 0 Å². The molecule has 2 aromatic carbocycles. The summed E-state index contributed by atoms with van der Waals surface area (Å²) < 4.78 is 0. The molecule has 0 aliphatic carbocycles. The predicted octanol–water partition coefficient (Wildman–Crippen LogP) is 4.58. The summed E-state index contributed by atoms with van der Waals surface area (Å²) in [5, 5.41) is 4.77. The molecule has 0 heterocycles. The molecule has 0 amide bonds. The van der Waals surface area contributed by atoms with E-state index in [4.69, 9.17) is 0 Å². The molecule has 0 atom stereocenters. The molecule has 0 spiro atoms. The van der Waals surface area contributed by atoms with E-state index in [0.29, 0.717) is 0 Å². The molecule has 0 bridgehead atoms. The Morgan fingerprint density at radius 3 is 2.20 bits per heavy atom. The average Bonchev–Trinajstić information content (AvgIpc) is 2.50. The fourth-order valence-electron chi connectivity index (χ4n) is 2.37. The molecule has 0 aromatic heterocycles. The minimum Gasteiger partial charge on any atom is -0.0990 e. The molecule has 0 aliphatic heterocycles. The van der Waals surface area contributed by atoms with Gasteiger partial charge in [0.15, 0.2) is 0 Å². The fraction of sp³-hybridized carbons (Fsp3) is 0.200. The summed E-state index contributed by atoms with van der Waals surface area (Å²) in [4.78, 5) is 0. The van der Waals surface area contributed by atoms with Gasteiger partial charge in [0.2, 0.25) is 0 Å². The zero-order chi connectivity index (χ0) is 15.1. The smallest absolute Gasteiger partial charge is 0.00994 e. The largest absolute Gasteiger partial charge is 0.0990 e. The van der Waals surface area contributed by atoms with E-state index in [1.54, 1.807) is 0 Å². The molecule has 2 rings (SSSR count). The van der Waals surface area contributed by atoms with Gasteiger partial charge in [-0.2, -0.15) is 0 Å². The highest BCUT2D eigenvalue weighted by molar-refractivity contribution is 5.93. The summed E-state index contributed by atoms with van der Waals surface area (Å²) in [5.74, 6) is 0. The van der Waals surface area contributed by atoms with Gasteiger partial charge in [-0.3, -0.25) is 0 Å². The van der Waals surface area contributed by atoms with Crippen LogP contribution in [0.1, 0.15) is 31.9 Å². The number of allylic oxidation sites excluding steroid dienone is 2. The Bertz CT molecular complexity index is 731. The third-order valence-corrected chi connectivity index (χ3v) is 3.31. The van der Waals surface area contributed by atoms with Crippen LogP contribution in [-0.2, 0) is 0 Å². The van der Waals surface area contributed by atoms with Crippen LogP contribution in [0.3, 0.4) is 0 Å². The van der Waals surface area contributed by atoms with Crippen molar-refractivity contribution in [3.63, 3.8) is 0 Å². The second kappa shape index (κ2) is 7.49. The van der Waals surface area contributed by atoms with Crippen LogP contribution in [-0.4, -0.2) is 0 Å². The summed E-state index contributed by atoms with van der Waals surface area (Å²) in [5.41, 5.74) is 2.50. The van der Waals surface area contributed by atoms with Gasteiger partial charge in [0.1, 0.15) is 0 Å². The molecule has 0 saturated heterocycles. The maximum absolute atomic E-state index is 4.22. The molecule has 0 saturated carbocycles. The second-order valence-corrected chi connectivity index (χ2v) is 4.38. The summed E-state index contributed by atoms with van der Waals surface area (Å²) in [6.07, 6.45) is 8.09. The second-order valence-electron chi connectivity index (χ2n) is 4.38. The van der Waals surface area contributed by atoms with Crippen molar-refractivity contribution in [1.29, 1.82) is 0 Å². The minimum absolute atomic E-state index is 1.08. The number of hydrogen-bond donors (Lipinski definition) is 0. The van der Waals surface area contributed by atoms with Gasteiger partial charge in [0, 0.05) is 0 Å². The Morgan fingerprint density at radius 1 is 1.05 bits per heavy atom. The Hall–Kier alpha value is -2.08. The van der Waals surface area contributed by atoms with Gasteiger partial charge in [-0.15, -0.1) is 0 Å². The van der Waals surface area contributed by atoms with Crippen molar-refractivity contribution >= 4 is 29.5 Å². The van der Waals surface area contributed by atoms with Crippen molar-refractivity contribution in [3.8, 4) is 0 Å². The number of fused-ring (bicyclic) bond motifs is 1. The van der Waals surface area contributed by atoms with Crippen LogP contribution in [0.15, 0.2) is 43.0 Å². The summed E-state index contributed by atoms with van der Waals surface area (Å²) in [6.45, 7) is 16.2. The summed E-state index contributed by atoms with van der Waals surface area (Å²) in [7, 11) is 0. The van der Waals surface area contributed by atoms with Crippen LogP contribution in [0.4, 0.5) is 0 Å². The van der Waals surface area contributed by atoms with Gasteiger partial charge in [0.25, 0.3) is 0 Å². The normalized spacial score (nSPS) is 11.5. The van der Waals surface area contributed by atoms with E-state index in [1.807, 2.05) is 32.9 Å². The van der Waals surface area contributed by atoms with Crippen molar-refractivity contribution in [3.05, 3.63) is 64.6 Å². The van der Waals surface area contributed by atoms with Crippen LogP contribution >= 0.6 is 0 Å². The maximum atomic E-state index is 4.22. The van der Waals surface area contributed by atoms with Crippen molar-refractivity contribution in [2.24, 2.45) is 0 Å². The lowest BCUT2D eigenvalue weighted by molar-refractivity contribution is 1.39. The molecule has 0 fully saturated rings. The average molecular weight is 264 g/mol. The van der Waals surface area contributed by atoms with Crippen LogP contribution in [0.2, 0.25) is 0 Å². The van der Waals surface area contributed by atoms with Crippen LogP contribution in [0.25, 0.3) is 29.5 Å². The highest BCUT2D eigenvalue weighted by Gasteiger charge is 2.04. The van der Waals surface area contributed by atoms with Crippen molar-refractivity contribution in [2.75, 3.05) is 0 Å². The Balaban J connectivity index is 0.000000956. The van der Waals surface area contributed by atoms with Gasteiger partial charge in [0.05, 0.1) is 0 Å². The highest BCUT2D eigenvalue weighted by atomic mass is 14.1. The topological polar surface area (TPSA) is 0 Å². The predicted molar refractivity (Wildman–Crippen MR) is 94.2 cm³/mol. The van der Waals surface area contributed by atoms with E-state index in [-0.39, 0.29) is 0 Å². The number of benzene rings is 2. The van der Waals surface area contributed by atoms with Gasteiger partial charge >= 0.3 is 0 Å². The SMILES string of the molecule is C=C/C=c1\c(=C)c(C)c(/C=C\C)c2ccccc12.CC. The van der Waals surface area contributed by atoms with Gasteiger partial charge in [-0.1, -0.05) is 75.6 Å². The number of rotatable bonds is 2. The lowest BCUT2D eigenvalue weighted by Crippen LogP contribution is -2.27. The number of hydrogen-bond acceptors (Lipinski definition) is 0. The highest BCUT2D eigenvalue weighted by Crippen LogP contribution is 2.18. The molecule has 0 unspecified atom stereocenters. The third-order valence-electron chi connectivity index (χ3n) is 3.31. The lowest BCUT2D eigenvalue weighted by Gasteiger charge is -2.09. The quantitative estimate of drug-likeness (QED) is 0.744. The molecule has 0 heteroatoms. The van der Waals surface area contributed by atoms with Crippen molar-refractivity contribution < 1.29 is 0 Å². The first-order valence-electron chi connectivity index (χ1n) is 7.16. The van der Waals surface area contributed by atoms with Gasteiger partial charge in [-0.05, 0) is 46.2 Å². The van der Waals surface area contributed by atoms with E-state index < -0.39 is 0 Å². The standard InChI is InChI=1S/C18H18.C2H6/c1-5-9-15-13(3)14(4)16(10-6-2)18-12-8-7-11-17(15)18;1-2/h5-12H,1,3H2,2,4H3;1-2H3/b10-6-,15-9+;. The van der Waals surface area contributed by atoms with Gasteiger partial charge < -0.3 is 0 Å². The first-order valence-corrected chi connectivity index (χ1v) is 7.16. The first-order chi connectivity index (χ1) is 9.70. The Kier molecular flexibility index (Phi) is 5.99. The lowest BCUT2D eigenvalue weighted by atomic mass is 9.95. The summed E-state index contributed by atoms with van der Waals surface area (Å²) in [6, 6.07) is 8.45. The van der Waals surface area contributed by atoms with E-state index in [9.17, 15) is 0 Å². The van der Waals surface area contributed by atoms with E-state index in [1.165, 1.54) is 27.1 Å². The van der Waals surface area contributed by atoms with Crippen LogP contribution < -0.4 is 10.4 Å². The minimum atomic E-state index is 1.08. The van der Waals surface area contributed by atoms with Crippen molar-refractivity contribution in [2.45, 2.75) is 27.7 Å². The molecule has 2 aromatic rings. The van der Waals surface area contributed by atoms with E-state index in [0.717, 1.165) is 5.22 Å². The molecular formula is C20H24. The molecule has 0 N–H and O–H groups in total.